The Morgan fingerprint density at radius 3 is 3.00 bits per heavy atom. The lowest BCUT2D eigenvalue weighted by molar-refractivity contribution is -0.234. The molecule has 3 aromatic rings. The molecule has 0 saturated heterocycles. The van der Waals surface area contributed by atoms with E-state index < -0.39 is 12.3 Å². The minimum atomic E-state index is -4.40. The van der Waals surface area contributed by atoms with Crippen LogP contribution in [0.25, 0.3) is 22.3 Å². The maximum atomic E-state index is 12.8. The van der Waals surface area contributed by atoms with Crippen molar-refractivity contribution >= 4 is 11.0 Å². The monoisotopic (exact) mass is 323 g/mol. The van der Waals surface area contributed by atoms with Crippen molar-refractivity contribution in [2.24, 2.45) is 0 Å². The molecule has 0 spiro atoms. The van der Waals surface area contributed by atoms with Crippen molar-refractivity contribution < 1.29 is 17.9 Å². The van der Waals surface area contributed by atoms with Crippen molar-refractivity contribution in [3.63, 3.8) is 0 Å². The number of rotatable bonds is 1. The van der Waals surface area contributed by atoms with Gasteiger partial charge in [0.25, 0.3) is 0 Å². The summed E-state index contributed by atoms with van der Waals surface area (Å²) in [5, 5.41) is 11.9. The molecular weight excluding hydrogens is 311 g/mol. The van der Waals surface area contributed by atoms with Gasteiger partial charge in [0, 0.05) is 22.7 Å². The molecule has 4 heterocycles. The van der Waals surface area contributed by atoms with Crippen LogP contribution in [0.1, 0.15) is 11.3 Å². The van der Waals surface area contributed by atoms with Crippen LogP contribution in [0.2, 0.25) is 0 Å². The number of aromatic amines is 1. The highest BCUT2D eigenvalue weighted by Gasteiger charge is 2.43. The van der Waals surface area contributed by atoms with Crippen molar-refractivity contribution in [2.45, 2.75) is 32.4 Å². The summed E-state index contributed by atoms with van der Waals surface area (Å²) in [6.07, 6.45) is -2.98. The molecule has 0 bridgehead atoms. The summed E-state index contributed by atoms with van der Waals surface area (Å²) in [5.41, 5.74) is 3.48. The zero-order valence-corrected chi connectivity index (χ0v) is 12.1. The summed E-state index contributed by atoms with van der Waals surface area (Å²) in [4.78, 5) is 4.16. The van der Waals surface area contributed by atoms with Crippen LogP contribution in [0.4, 0.5) is 13.2 Å². The van der Waals surface area contributed by atoms with E-state index in [1.165, 1.54) is 4.68 Å². The van der Waals surface area contributed by atoms with Crippen molar-refractivity contribution in [3.05, 3.63) is 29.7 Å². The van der Waals surface area contributed by atoms with Crippen LogP contribution in [-0.2, 0) is 17.9 Å². The summed E-state index contributed by atoms with van der Waals surface area (Å²) >= 11 is 0. The van der Waals surface area contributed by atoms with Gasteiger partial charge in [-0.1, -0.05) is 0 Å². The zero-order chi connectivity index (χ0) is 16.2. The molecule has 0 aromatic carbocycles. The van der Waals surface area contributed by atoms with Gasteiger partial charge in [-0.15, -0.1) is 0 Å². The van der Waals surface area contributed by atoms with E-state index in [1.54, 1.807) is 18.5 Å². The van der Waals surface area contributed by atoms with Crippen LogP contribution in [0, 0.1) is 6.92 Å². The van der Waals surface area contributed by atoms with Crippen molar-refractivity contribution in [3.8, 4) is 11.3 Å². The average molecular weight is 323 g/mol. The number of nitrogens with zero attached hydrogens (tertiary/aromatic N) is 4. The standard InChI is InChI=1S/C14H12F3N5O/c1-7-10-6-23-11(14(15,16)17)5-22(10)21-12(7)8-2-3-18-13-9(8)4-19-20-13/h2-4,11H,5-6H2,1H3,(H,18,19,20). The smallest absolute Gasteiger partial charge is 0.361 e. The number of hydrogen-bond acceptors (Lipinski definition) is 4. The summed E-state index contributed by atoms with van der Waals surface area (Å²) < 4.78 is 44.9. The number of halogens is 3. The first-order chi connectivity index (χ1) is 10.9. The van der Waals surface area contributed by atoms with Gasteiger partial charge in [-0.25, -0.2) is 4.98 Å². The van der Waals surface area contributed by atoms with Crippen LogP contribution >= 0.6 is 0 Å². The Morgan fingerprint density at radius 1 is 1.39 bits per heavy atom. The first kappa shape index (κ1) is 14.2. The third kappa shape index (κ3) is 2.19. The second-order valence-electron chi connectivity index (χ2n) is 5.43. The molecule has 4 rings (SSSR count). The van der Waals surface area contributed by atoms with Gasteiger partial charge in [0.2, 0.25) is 0 Å². The Labute approximate surface area is 128 Å². The fraction of sp³-hybridized carbons (Fsp3) is 0.357. The third-order valence-electron chi connectivity index (χ3n) is 4.05. The Hall–Kier alpha value is -2.42. The van der Waals surface area contributed by atoms with Crippen molar-refractivity contribution in [1.82, 2.24) is 25.0 Å². The fourth-order valence-corrected chi connectivity index (χ4v) is 2.82. The summed E-state index contributed by atoms with van der Waals surface area (Å²) in [6, 6.07) is 1.78. The minimum Gasteiger partial charge on any atom is -0.361 e. The normalized spacial score (nSPS) is 18.3. The number of ether oxygens (including phenoxy) is 1. The van der Waals surface area contributed by atoms with Crippen LogP contribution in [0.15, 0.2) is 18.5 Å². The number of hydrogen-bond donors (Lipinski definition) is 1. The molecule has 120 valence electrons. The van der Waals surface area contributed by atoms with Gasteiger partial charge in [-0.2, -0.15) is 23.4 Å². The highest BCUT2D eigenvalue weighted by Crippen LogP contribution is 2.34. The highest BCUT2D eigenvalue weighted by atomic mass is 19.4. The van der Waals surface area contributed by atoms with Gasteiger partial charge in [0.05, 0.1) is 30.7 Å². The quantitative estimate of drug-likeness (QED) is 0.747. The van der Waals surface area contributed by atoms with Gasteiger partial charge >= 0.3 is 6.18 Å². The van der Waals surface area contributed by atoms with Crippen molar-refractivity contribution in [2.75, 3.05) is 0 Å². The molecule has 1 aliphatic heterocycles. The van der Waals surface area contributed by atoms with E-state index in [0.29, 0.717) is 17.0 Å². The highest BCUT2D eigenvalue weighted by molar-refractivity contribution is 5.91. The molecule has 23 heavy (non-hydrogen) atoms. The fourth-order valence-electron chi connectivity index (χ4n) is 2.82. The molecule has 1 unspecified atom stereocenters. The molecule has 0 radical (unpaired) electrons. The first-order valence-electron chi connectivity index (χ1n) is 6.98. The third-order valence-corrected chi connectivity index (χ3v) is 4.05. The zero-order valence-electron chi connectivity index (χ0n) is 12.1. The predicted molar refractivity (Wildman–Crippen MR) is 74.5 cm³/mol. The minimum absolute atomic E-state index is 0.109. The Balaban J connectivity index is 1.81. The van der Waals surface area contributed by atoms with Crippen molar-refractivity contribution in [1.29, 1.82) is 0 Å². The largest absolute Gasteiger partial charge is 0.416 e. The van der Waals surface area contributed by atoms with E-state index >= 15 is 0 Å². The lowest BCUT2D eigenvalue weighted by Gasteiger charge is -2.26. The maximum Gasteiger partial charge on any atom is 0.416 e. The molecule has 0 aliphatic carbocycles. The molecule has 0 amide bonds. The number of H-pyrrole nitrogens is 1. The van der Waals surface area contributed by atoms with Gasteiger partial charge in [-0.05, 0) is 13.0 Å². The first-order valence-corrected chi connectivity index (χ1v) is 6.98. The van der Waals surface area contributed by atoms with Crippen LogP contribution in [-0.4, -0.2) is 37.2 Å². The predicted octanol–water partition coefficient (Wildman–Crippen LogP) is 2.59. The number of fused-ring (bicyclic) bond motifs is 2. The van der Waals surface area contributed by atoms with E-state index in [1.807, 2.05) is 6.92 Å². The van der Waals surface area contributed by atoms with E-state index in [9.17, 15) is 13.2 Å². The van der Waals surface area contributed by atoms with Gasteiger partial charge in [0.15, 0.2) is 11.8 Å². The lowest BCUT2D eigenvalue weighted by atomic mass is 10.1. The molecule has 0 saturated carbocycles. The van der Waals surface area contributed by atoms with Crippen LogP contribution < -0.4 is 0 Å². The number of nitrogens with one attached hydrogen (secondary N) is 1. The maximum absolute atomic E-state index is 12.8. The topological polar surface area (TPSA) is 68.6 Å². The van der Waals surface area contributed by atoms with E-state index in [2.05, 4.69) is 20.3 Å². The number of pyridine rings is 1. The second kappa shape index (κ2) is 4.79. The molecule has 1 N–H and O–H groups in total. The summed E-state index contributed by atoms with van der Waals surface area (Å²) in [7, 11) is 0. The molecular formula is C14H12F3N5O. The molecule has 3 aromatic heterocycles. The van der Waals surface area contributed by atoms with E-state index in [-0.39, 0.29) is 13.2 Å². The Bertz CT molecular complexity index is 882. The number of alkyl halides is 3. The van der Waals surface area contributed by atoms with Gasteiger partial charge < -0.3 is 4.74 Å². The summed E-state index contributed by atoms with van der Waals surface area (Å²) in [6.45, 7) is 1.39. The summed E-state index contributed by atoms with van der Waals surface area (Å²) in [5.74, 6) is 0. The van der Waals surface area contributed by atoms with E-state index in [4.69, 9.17) is 4.74 Å². The number of aromatic nitrogens is 5. The van der Waals surface area contributed by atoms with E-state index in [0.717, 1.165) is 16.5 Å². The molecule has 1 aliphatic rings. The Kier molecular flexibility index (Phi) is 2.95. The van der Waals surface area contributed by atoms with Crippen LogP contribution in [0.3, 0.4) is 0 Å². The van der Waals surface area contributed by atoms with Crippen LogP contribution in [0.5, 0.6) is 0 Å². The lowest BCUT2D eigenvalue weighted by Crippen LogP contribution is -2.39. The molecule has 9 heteroatoms. The average Bonchev–Trinajstić information content (AvgIpc) is 3.10. The molecule has 0 fully saturated rings. The Morgan fingerprint density at radius 2 is 2.22 bits per heavy atom. The molecule has 1 atom stereocenters. The molecule has 6 nitrogen and oxygen atoms in total. The van der Waals surface area contributed by atoms with Gasteiger partial charge in [0.1, 0.15) is 0 Å². The SMILES string of the molecule is Cc1c(-c2ccnc3[nH]ncc23)nn2c1COC(C(F)(F)F)C2. The second-order valence-corrected chi connectivity index (χ2v) is 5.43. The van der Waals surface area contributed by atoms with Gasteiger partial charge in [-0.3, -0.25) is 9.78 Å².